The summed E-state index contributed by atoms with van der Waals surface area (Å²) in [4.78, 5) is 9.71. The Morgan fingerprint density at radius 1 is 0.750 bits per heavy atom. The Kier molecular flexibility index (Phi) is 4.26. The zero-order valence-electron chi connectivity index (χ0n) is 17.9. The van der Waals surface area contributed by atoms with Crippen molar-refractivity contribution in [1.82, 2.24) is 9.97 Å². The van der Waals surface area contributed by atoms with E-state index in [9.17, 15) is 0 Å². The standard InChI is InChI=1S/C26H28N2/c1-15-10-16(2)12-20(11-15)24-22-9-8-19-14-21(26(5,6)7)13-17(3)23(19)25(22)28-18(4)27-24/h8-14H,1-7H3. The lowest BCUT2D eigenvalue weighted by atomic mass is 9.84. The number of rotatable bonds is 1. The van der Waals surface area contributed by atoms with E-state index in [-0.39, 0.29) is 5.41 Å². The van der Waals surface area contributed by atoms with Crippen molar-refractivity contribution < 1.29 is 0 Å². The maximum absolute atomic E-state index is 4.88. The molecule has 0 N–H and O–H groups in total. The van der Waals surface area contributed by atoms with Gasteiger partial charge < -0.3 is 0 Å². The summed E-state index contributed by atoms with van der Waals surface area (Å²) < 4.78 is 0. The van der Waals surface area contributed by atoms with Gasteiger partial charge in [0.05, 0.1) is 11.2 Å². The van der Waals surface area contributed by atoms with Crippen LogP contribution in [-0.2, 0) is 5.41 Å². The highest BCUT2D eigenvalue weighted by molar-refractivity contribution is 6.10. The van der Waals surface area contributed by atoms with E-state index in [1.54, 1.807) is 0 Å². The molecule has 28 heavy (non-hydrogen) atoms. The van der Waals surface area contributed by atoms with Gasteiger partial charge in [-0.3, -0.25) is 0 Å². The van der Waals surface area contributed by atoms with Crippen molar-refractivity contribution in [1.29, 1.82) is 0 Å². The van der Waals surface area contributed by atoms with Crippen LogP contribution in [0, 0.1) is 27.7 Å². The van der Waals surface area contributed by atoms with E-state index in [0.29, 0.717) is 0 Å². The van der Waals surface area contributed by atoms with E-state index >= 15 is 0 Å². The molecular formula is C26H28N2. The summed E-state index contributed by atoms with van der Waals surface area (Å²) in [7, 11) is 0. The molecule has 0 atom stereocenters. The van der Waals surface area contributed by atoms with Crippen molar-refractivity contribution in [2.45, 2.75) is 53.9 Å². The van der Waals surface area contributed by atoms with Crippen molar-refractivity contribution in [3.63, 3.8) is 0 Å². The van der Waals surface area contributed by atoms with Crippen LogP contribution >= 0.6 is 0 Å². The highest BCUT2D eigenvalue weighted by Crippen LogP contribution is 2.35. The first kappa shape index (κ1) is 18.6. The van der Waals surface area contributed by atoms with Gasteiger partial charge in [-0.15, -0.1) is 0 Å². The van der Waals surface area contributed by atoms with Gasteiger partial charge >= 0.3 is 0 Å². The minimum absolute atomic E-state index is 0.125. The van der Waals surface area contributed by atoms with Crippen LogP contribution in [-0.4, -0.2) is 9.97 Å². The topological polar surface area (TPSA) is 25.8 Å². The number of benzene rings is 3. The van der Waals surface area contributed by atoms with Crippen LogP contribution in [0.1, 0.15) is 48.8 Å². The van der Waals surface area contributed by atoms with Crippen molar-refractivity contribution in [2.75, 3.05) is 0 Å². The molecule has 4 aromatic rings. The average Bonchev–Trinajstić information content (AvgIpc) is 2.58. The molecule has 0 amide bonds. The molecule has 0 unspecified atom stereocenters. The quantitative estimate of drug-likeness (QED) is 0.339. The fourth-order valence-electron chi connectivity index (χ4n) is 4.14. The summed E-state index contributed by atoms with van der Waals surface area (Å²) in [6, 6.07) is 15.7. The summed E-state index contributed by atoms with van der Waals surface area (Å²) in [6.45, 7) is 15.3. The molecule has 1 aromatic heterocycles. The summed E-state index contributed by atoms with van der Waals surface area (Å²) in [6.07, 6.45) is 0. The van der Waals surface area contributed by atoms with Crippen LogP contribution in [0.15, 0.2) is 42.5 Å². The zero-order chi connectivity index (χ0) is 20.2. The van der Waals surface area contributed by atoms with Gasteiger partial charge in [-0.05, 0) is 67.8 Å². The molecule has 0 aliphatic carbocycles. The van der Waals surface area contributed by atoms with Gasteiger partial charge in [0.1, 0.15) is 5.82 Å². The normalized spacial score (nSPS) is 12.1. The molecule has 0 saturated heterocycles. The van der Waals surface area contributed by atoms with Crippen LogP contribution in [0.25, 0.3) is 32.9 Å². The summed E-state index contributed by atoms with van der Waals surface area (Å²) in [5.74, 6) is 0.813. The molecule has 2 heteroatoms. The number of aromatic nitrogens is 2. The lowest BCUT2D eigenvalue weighted by Crippen LogP contribution is -2.11. The Morgan fingerprint density at radius 2 is 1.43 bits per heavy atom. The van der Waals surface area contributed by atoms with Crippen LogP contribution in [0.5, 0.6) is 0 Å². The van der Waals surface area contributed by atoms with Gasteiger partial charge in [0.25, 0.3) is 0 Å². The monoisotopic (exact) mass is 368 g/mol. The highest BCUT2D eigenvalue weighted by Gasteiger charge is 2.18. The SMILES string of the molecule is Cc1cc(C)cc(-c2nc(C)nc3c2ccc2cc(C(C)(C)C)cc(C)c23)c1. The molecule has 2 nitrogen and oxygen atoms in total. The maximum atomic E-state index is 4.88. The molecule has 0 radical (unpaired) electrons. The van der Waals surface area contributed by atoms with E-state index in [4.69, 9.17) is 9.97 Å². The molecule has 3 aromatic carbocycles. The average molecular weight is 369 g/mol. The molecule has 142 valence electrons. The van der Waals surface area contributed by atoms with E-state index < -0.39 is 0 Å². The molecule has 0 saturated carbocycles. The third kappa shape index (κ3) is 3.17. The first-order valence-electron chi connectivity index (χ1n) is 9.94. The van der Waals surface area contributed by atoms with Crippen LogP contribution in [0.4, 0.5) is 0 Å². The molecule has 1 heterocycles. The minimum Gasteiger partial charge on any atom is -0.233 e. The molecule has 0 bridgehead atoms. The van der Waals surface area contributed by atoms with Gasteiger partial charge in [0.2, 0.25) is 0 Å². The van der Waals surface area contributed by atoms with Crippen LogP contribution in [0.3, 0.4) is 0 Å². The van der Waals surface area contributed by atoms with Crippen molar-refractivity contribution in [3.05, 3.63) is 70.5 Å². The van der Waals surface area contributed by atoms with Gasteiger partial charge in [-0.25, -0.2) is 9.97 Å². The summed E-state index contributed by atoms with van der Waals surface area (Å²) in [5.41, 5.74) is 8.51. The second-order valence-corrected chi connectivity index (χ2v) is 9.10. The summed E-state index contributed by atoms with van der Waals surface area (Å²) >= 11 is 0. The number of nitrogens with zero attached hydrogens (tertiary/aromatic N) is 2. The Morgan fingerprint density at radius 3 is 2.07 bits per heavy atom. The Labute approximate surface area is 167 Å². The van der Waals surface area contributed by atoms with Gasteiger partial charge in [-0.1, -0.05) is 56.2 Å². The highest BCUT2D eigenvalue weighted by atomic mass is 14.9. The largest absolute Gasteiger partial charge is 0.233 e. The zero-order valence-corrected chi connectivity index (χ0v) is 17.9. The van der Waals surface area contributed by atoms with Crippen molar-refractivity contribution >= 4 is 21.7 Å². The number of hydrogen-bond donors (Lipinski definition) is 0. The summed E-state index contributed by atoms with van der Waals surface area (Å²) in [5, 5.41) is 3.61. The predicted molar refractivity (Wildman–Crippen MR) is 120 cm³/mol. The van der Waals surface area contributed by atoms with E-state index in [2.05, 4.69) is 84.0 Å². The Hall–Kier alpha value is -2.74. The second-order valence-electron chi connectivity index (χ2n) is 9.10. The van der Waals surface area contributed by atoms with Crippen molar-refractivity contribution in [2.24, 2.45) is 0 Å². The third-order valence-electron chi connectivity index (χ3n) is 5.45. The Balaban J connectivity index is 2.09. The molecule has 0 aliphatic rings. The maximum Gasteiger partial charge on any atom is 0.126 e. The number of hydrogen-bond acceptors (Lipinski definition) is 2. The van der Waals surface area contributed by atoms with Gasteiger partial charge in [0.15, 0.2) is 0 Å². The molecule has 0 fully saturated rings. The van der Waals surface area contributed by atoms with Gasteiger partial charge in [-0.2, -0.15) is 0 Å². The first-order chi connectivity index (χ1) is 13.1. The molecule has 4 rings (SSSR count). The van der Waals surface area contributed by atoms with Crippen LogP contribution in [0.2, 0.25) is 0 Å². The number of fused-ring (bicyclic) bond motifs is 3. The Bertz CT molecular complexity index is 1210. The predicted octanol–water partition coefficient (Wildman–Crippen LogP) is 6.98. The van der Waals surface area contributed by atoms with E-state index in [1.165, 1.54) is 33.0 Å². The fourth-order valence-corrected chi connectivity index (χ4v) is 4.14. The lowest BCUT2D eigenvalue weighted by molar-refractivity contribution is 0.590. The van der Waals surface area contributed by atoms with Crippen LogP contribution < -0.4 is 0 Å². The molecule has 0 spiro atoms. The third-order valence-corrected chi connectivity index (χ3v) is 5.45. The van der Waals surface area contributed by atoms with Crippen molar-refractivity contribution in [3.8, 4) is 11.3 Å². The molecule has 0 aliphatic heterocycles. The van der Waals surface area contributed by atoms with Gasteiger partial charge in [0, 0.05) is 16.3 Å². The lowest BCUT2D eigenvalue weighted by Gasteiger charge is -2.21. The number of aryl methyl sites for hydroxylation is 4. The smallest absolute Gasteiger partial charge is 0.126 e. The molecular weight excluding hydrogens is 340 g/mol. The van der Waals surface area contributed by atoms with E-state index in [1.807, 2.05) is 6.92 Å². The first-order valence-corrected chi connectivity index (χ1v) is 9.94. The second kappa shape index (κ2) is 6.41. The van der Waals surface area contributed by atoms with E-state index in [0.717, 1.165) is 28.0 Å². The fraction of sp³-hybridized carbons (Fsp3) is 0.308. The minimum atomic E-state index is 0.125.